The van der Waals surface area contributed by atoms with Crippen molar-refractivity contribution in [3.63, 3.8) is 0 Å². The standard InChI is InChI=1S/C11H13BrN2OS/c1-14-5-4-13-11(14)3-2-9(15)8-6-10(12)16-7-8/h4-7,9,15H,2-3H2,1H3. The first kappa shape index (κ1) is 11.8. The van der Waals surface area contributed by atoms with Crippen LogP contribution in [0, 0.1) is 0 Å². The number of imidazole rings is 1. The molecule has 0 aliphatic carbocycles. The number of hydrogen-bond donors (Lipinski definition) is 1. The van der Waals surface area contributed by atoms with Crippen LogP contribution < -0.4 is 0 Å². The molecule has 3 nitrogen and oxygen atoms in total. The van der Waals surface area contributed by atoms with Crippen LogP contribution in [0.15, 0.2) is 27.6 Å². The van der Waals surface area contributed by atoms with Crippen molar-refractivity contribution in [2.45, 2.75) is 18.9 Å². The minimum absolute atomic E-state index is 0.403. The second kappa shape index (κ2) is 5.12. The van der Waals surface area contributed by atoms with Crippen LogP contribution in [0.3, 0.4) is 0 Å². The minimum atomic E-state index is -0.403. The number of aryl methyl sites for hydroxylation is 2. The van der Waals surface area contributed by atoms with E-state index in [-0.39, 0.29) is 0 Å². The van der Waals surface area contributed by atoms with E-state index in [1.54, 1.807) is 17.5 Å². The van der Waals surface area contributed by atoms with Crippen LogP contribution in [0.1, 0.15) is 23.9 Å². The molecule has 2 aromatic rings. The van der Waals surface area contributed by atoms with Crippen molar-refractivity contribution < 1.29 is 5.11 Å². The first-order valence-corrected chi connectivity index (χ1v) is 6.72. The molecule has 2 rings (SSSR count). The molecule has 0 aliphatic heterocycles. The zero-order valence-corrected chi connectivity index (χ0v) is 11.3. The van der Waals surface area contributed by atoms with Gasteiger partial charge in [-0.1, -0.05) is 0 Å². The zero-order valence-electron chi connectivity index (χ0n) is 8.93. The SMILES string of the molecule is Cn1ccnc1CCC(O)c1csc(Br)c1. The Bertz CT molecular complexity index is 466. The minimum Gasteiger partial charge on any atom is -0.388 e. The van der Waals surface area contributed by atoms with E-state index in [9.17, 15) is 5.11 Å². The fourth-order valence-corrected chi connectivity index (χ4v) is 2.79. The van der Waals surface area contributed by atoms with E-state index < -0.39 is 6.10 Å². The van der Waals surface area contributed by atoms with Gasteiger partial charge in [0.25, 0.3) is 0 Å². The van der Waals surface area contributed by atoms with Crippen LogP contribution in [-0.2, 0) is 13.5 Å². The van der Waals surface area contributed by atoms with E-state index in [4.69, 9.17) is 0 Å². The van der Waals surface area contributed by atoms with Crippen LogP contribution >= 0.6 is 27.3 Å². The van der Waals surface area contributed by atoms with Gasteiger partial charge in [-0.15, -0.1) is 11.3 Å². The Labute approximate surface area is 107 Å². The lowest BCUT2D eigenvalue weighted by Gasteiger charge is -2.08. The summed E-state index contributed by atoms with van der Waals surface area (Å²) in [4.78, 5) is 4.23. The Hall–Kier alpha value is -0.650. The van der Waals surface area contributed by atoms with Gasteiger partial charge in [0, 0.05) is 25.9 Å². The highest BCUT2D eigenvalue weighted by molar-refractivity contribution is 9.11. The van der Waals surface area contributed by atoms with Crippen LogP contribution in [-0.4, -0.2) is 14.7 Å². The topological polar surface area (TPSA) is 38.0 Å². The number of thiophene rings is 1. The highest BCUT2D eigenvalue weighted by Gasteiger charge is 2.10. The Kier molecular flexibility index (Phi) is 3.78. The molecule has 0 saturated heterocycles. The average Bonchev–Trinajstić information content (AvgIpc) is 2.84. The van der Waals surface area contributed by atoms with E-state index in [2.05, 4.69) is 20.9 Å². The number of halogens is 1. The fraction of sp³-hybridized carbons (Fsp3) is 0.364. The summed E-state index contributed by atoms with van der Waals surface area (Å²) in [7, 11) is 1.97. The van der Waals surface area contributed by atoms with Crippen molar-refractivity contribution in [1.29, 1.82) is 0 Å². The molecule has 2 aromatic heterocycles. The Balaban J connectivity index is 1.93. The van der Waals surface area contributed by atoms with Gasteiger partial charge in [0.15, 0.2) is 0 Å². The van der Waals surface area contributed by atoms with Crippen LogP contribution in [0.5, 0.6) is 0 Å². The van der Waals surface area contributed by atoms with Gasteiger partial charge in [0.1, 0.15) is 5.82 Å². The first-order valence-electron chi connectivity index (χ1n) is 5.05. The van der Waals surface area contributed by atoms with Crippen molar-refractivity contribution in [2.75, 3.05) is 0 Å². The highest BCUT2D eigenvalue weighted by Crippen LogP contribution is 2.27. The van der Waals surface area contributed by atoms with Crippen molar-refractivity contribution >= 4 is 27.3 Å². The molecule has 0 amide bonds. The Morgan fingerprint density at radius 3 is 3.00 bits per heavy atom. The summed E-state index contributed by atoms with van der Waals surface area (Å²) >= 11 is 4.99. The van der Waals surface area contributed by atoms with Gasteiger partial charge in [-0.3, -0.25) is 0 Å². The summed E-state index contributed by atoms with van der Waals surface area (Å²) in [6, 6.07) is 1.97. The smallest absolute Gasteiger partial charge is 0.108 e. The lowest BCUT2D eigenvalue weighted by molar-refractivity contribution is 0.167. The van der Waals surface area contributed by atoms with Crippen molar-refractivity contribution in [2.24, 2.45) is 7.05 Å². The largest absolute Gasteiger partial charge is 0.388 e. The number of nitrogens with zero attached hydrogens (tertiary/aromatic N) is 2. The van der Waals surface area contributed by atoms with E-state index in [1.807, 2.05) is 29.3 Å². The second-order valence-electron chi connectivity index (χ2n) is 3.69. The lowest BCUT2D eigenvalue weighted by Crippen LogP contribution is -2.02. The second-order valence-corrected chi connectivity index (χ2v) is 5.98. The van der Waals surface area contributed by atoms with Crippen LogP contribution in [0.2, 0.25) is 0 Å². The zero-order chi connectivity index (χ0) is 11.5. The van der Waals surface area contributed by atoms with E-state index >= 15 is 0 Å². The summed E-state index contributed by atoms with van der Waals surface area (Å²) < 4.78 is 3.04. The van der Waals surface area contributed by atoms with Crippen LogP contribution in [0.25, 0.3) is 0 Å². The molecular weight excluding hydrogens is 288 g/mol. The molecule has 1 atom stereocenters. The third kappa shape index (κ3) is 2.72. The molecule has 0 saturated carbocycles. The van der Waals surface area contributed by atoms with Gasteiger partial charge >= 0.3 is 0 Å². The van der Waals surface area contributed by atoms with Gasteiger partial charge in [-0.25, -0.2) is 4.98 Å². The van der Waals surface area contributed by atoms with Crippen molar-refractivity contribution in [3.05, 3.63) is 39.0 Å². The average molecular weight is 301 g/mol. The summed E-state index contributed by atoms with van der Waals surface area (Å²) in [5, 5.41) is 12.0. The van der Waals surface area contributed by atoms with Gasteiger partial charge in [-0.2, -0.15) is 0 Å². The molecule has 16 heavy (non-hydrogen) atoms. The third-order valence-corrected chi connectivity index (χ3v) is 4.06. The normalized spacial score (nSPS) is 12.9. The number of aliphatic hydroxyl groups excluding tert-OH is 1. The molecular formula is C11H13BrN2OS. The number of aliphatic hydroxyl groups is 1. The van der Waals surface area contributed by atoms with Crippen LogP contribution in [0.4, 0.5) is 0 Å². The maximum Gasteiger partial charge on any atom is 0.108 e. The van der Waals surface area contributed by atoms with Gasteiger partial charge < -0.3 is 9.67 Å². The van der Waals surface area contributed by atoms with Crippen molar-refractivity contribution in [1.82, 2.24) is 9.55 Å². The number of aromatic nitrogens is 2. The Morgan fingerprint density at radius 2 is 2.44 bits per heavy atom. The quantitative estimate of drug-likeness (QED) is 0.943. The van der Waals surface area contributed by atoms with Crippen molar-refractivity contribution in [3.8, 4) is 0 Å². The van der Waals surface area contributed by atoms with E-state index in [0.717, 1.165) is 21.6 Å². The molecule has 0 aliphatic rings. The monoisotopic (exact) mass is 300 g/mol. The number of hydrogen-bond acceptors (Lipinski definition) is 3. The van der Waals surface area contributed by atoms with Gasteiger partial charge in [0.05, 0.1) is 9.89 Å². The molecule has 0 radical (unpaired) electrons. The molecule has 1 N–H and O–H groups in total. The number of rotatable bonds is 4. The molecule has 5 heteroatoms. The molecule has 1 unspecified atom stereocenters. The predicted octanol–water partition coefficient (Wildman–Crippen LogP) is 2.91. The molecule has 0 fully saturated rings. The van der Waals surface area contributed by atoms with E-state index in [1.165, 1.54) is 0 Å². The molecule has 0 spiro atoms. The molecule has 2 heterocycles. The predicted molar refractivity (Wildman–Crippen MR) is 68.5 cm³/mol. The maximum absolute atomic E-state index is 9.97. The molecule has 0 aromatic carbocycles. The summed E-state index contributed by atoms with van der Waals surface area (Å²) in [5.41, 5.74) is 0.978. The summed E-state index contributed by atoms with van der Waals surface area (Å²) in [5.74, 6) is 1.01. The van der Waals surface area contributed by atoms with E-state index in [0.29, 0.717) is 6.42 Å². The maximum atomic E-state index is 9.97. The first-order chi connectivity index (χ1) is 7.66. The lowest BCUT2D eigenvalue weighted by atomic mass is 10.1. The summed E-state index contributed by atoms with van der Waals surface area (Å²) in [6.07, 6.45) is 4.79. The van der Waals surface area contributed by atoms with Gasteiger partial charge in [0.2, 0.25) is 0 Å². The molecule has 86 valence electrons. The Morgan fingerprint density at radius 1 is 1.62 bits per heavy atom. The third-order valence-electron chi connectivity index (χ3n) is 2.53. The highest BCUT2D eigenvalue weighted by atomic mass is 79.9. The molecule has 0 bridgehead atoms. The summed E-state index contributed by atoms with van der Waals surface area (Å²) in [6.45, 7) is 0. The fourth-order valence-electron chi connectivity index (χ4n) is 1.57. The van der Waals surface area contributed by atoms with Gasteiger partial charge in [-0.05, 0) is 39.4 Å².